The van der Waals surface area contributed by atoms with Crippen molar-refractivity contribution >= 4 is 9.84 Å². The van der Waals surface area contributed by atoms with Gasteiger partial charge in [0.15, 0.2) is 9.84 Å². The third-order valence-corrected chi connectivity index (χ3v) is 4.97. The summed E-state index contributed by atoms with van der Waals surface area (Å²) in [6.45, 7) is 3.74. The van der Waals surface area contributed by atoms with Crippen LogP contribution in [-0.4, -0.2) is 8.42 Å². The quantitative estimate of drug-likeness (QED) is 0.874. The Bertz CT molecular complexity index is 836. The first kappa shape index (κ1) is 15.2. The molecule has 0 heterocycles. The highest BCUT2D eigenvalue weighted by molar-refractivity contribution is 7.90. The smallest absolute Gasteiger partial charge is 0.182 e. The molecule has 0 aliphatic rings. The Labute approximate surface area is 123 Å². The lowest BCUT2D eigenvalue weighted by atomic mass is 10.1. The predicted octanol–water partition coefficient (Wildman–Crippen LogP) is 3.29. The maximum absolute atomic E-state index is 13.4. The van der Waals surface area contributed by atoms with Crippen molar-refractivity contribution in [2.75, 3.05) is 0 Å². The van der Waals surface area contributed by atoms with E-state index in [1.807, 2.05) is 19.9 Å². The fourth-order valence-electron chi connectivity index (χ4n) is 2.01. The molecule has 0 amide bonds. The molecule has 0 unspecified atom stereocenters. The summed E-state index contributed by atoms with van der Waals surface area (Å²) in [7, 11) is -3.57. The van der Waals surface area contributed by atoms with Crippen molar-refractivity contribution in [1.29, 1.82) is 5.26 Å². The average Bonchev–Trinajstić information content (AvgIpc) is 2.40. The molecule has 0 fully saturated rings. The number of hydrogen-bond acceptors (Lipinski definition) is 3. The molecule has 0 saturated heterocycles. The molecule has 0 atom stereocenters. The van der Waals surface area contributed by atoms with Crippen LogP contribution < -0.4 is 0 Å². The molecule has 3 nitrogen and oxygen atoms in total. The van der Waals surface area contributed by atoms with E-state index in [-0.39, 0.29) is 21.8 Å². The molecule has 2 rings (SSSR count). The van der Waals surface area contributed by atoms with Gasteiger partial charge in [-0.25, -0.2) is 12.8 Å². The maximum Gasteiger partial charge on any atom is 0.182 e. The number of benzene rings is 2. The van der Waals surface area contributed by atoms with Gasteiger partial charge in [-0.15, -0.1) is 0 Å². The number of nitrogens with zero attached hydrogens (tertiary/aromatic N) is 1. The number of rotatable bonds is 3. The Hall–Kier alpha value is -2.19. The van der Waals surface area contributed by atoms with Gasteiger partial charge in [-0.3, -0.25) is 0 Å². The van der Waals surface area contributed by atoms with Gasteiger partial charge >= 0.3 is 0 Å². The van der Waals surface area contributed by atoms with E-state index in [0.29, 0.717) is 0 Å². The van der Waals surface area contributed by atoms with Crippen LogP contribution >= 0.6 is 0 Å². The van der Waals surface area contributed by atoms with E-state index in [2.05, 4.69) is 0 Å². The van der Waals surface area contributed by atoms with Gasteiger partial charge in [0.1, 0.15) is 5.82 Å². The standard InChI is InChI=1S/C16H14FNO2S/c1-11-3-4-16(5-12(11)2)21(19,20)10-14-6-13(9-18)7-15(17)8-14/h3-8H,10H2,1-2H3. The molecule has 0 bridgehead atoms. The van der Waals surface area contributed by atoms with Crippen molar-refractivity contribution in [3.05, 3.63) is 64.5 Å². The van der Waals surface area contributed by atoms with Crippen LogP contribution in [0.25, 0.3) is 0 Å². The van der Waals surface area contributed by atoms with Crippen molar-refractivity contribution in [1.82, 2.24) is 0 Å². The zero-order valence-electron chi connectivity index (χ0n) is 11.7. The summed E-state index contributed by atoms with van der Waals surface area (Å²) in [5.41, 5.74) is 2.27. The minimum atomic E-state index is -3.57. The average molecular weight is 303 g/mol. The molecule has 0 aliphatic carbocycles. The van der Waals surface area contributed by atoms with E-state index in [1.165, 1.54) is 6.07 Å². The van der Waals surface area contributed by atoms with Gasteiger partial charge in [-0.05, 0) is 60.9 Å². The van der Waals surface area contributed by atoms with Crippen LogP contribution in [0.3, 0.4) is 0 Å². The minimum Gasteiger partial charge on any atom is -0.223 e. The summed E-state index contributed by atoms with van der Waals surface area (Å²) in [6, 6.07) is 10.3. The Kier molecular flexibility index (Phi) is 4.10. The van der Waals surface area contributed by atoms with Gasteiger partial charge < -0.3 is 0 Å². The van der Waals surface area contributed by atoms with Crippen molar-refractivity contribution in [3.8, 4) is 6.07 Å². The third kappa shape index (κ3) is 3.47. The normalized spacial score (nSPS) is 11.1. The molecule has 0 saturated carbocycles. The molecule has 5 heteroatoms. The first-order valence-corrected chi connectivity index (χ1v) is 7.96. The van der Waals surface area contributed by atoms with Crippen molar-refractivity contribution in [3.63, 3.8) is 0 Å². The monoisotopic (exact) mass is 303 g/mol. The van der Waals surface area contributed by atoms with E-state index in [4.69, 9.17) is 5.26 Å². The van der Waals surface area contributed by atoms with Crippen LogP contribution in [-0.2, 0) is 15.6 Å². The molecule has 0 N–H and O–H groups in total. The maximum atomic E-state index is 13.4. The van der Waals surface area contributed by atoms with Gasteiger partial charge in [0.2, 0.25) is 0 Å². The van der Waals surface area contributed by atoms with E-state index in [0.717, 1.165) is 23.3 Å². The van der Waals surface area contributed by atoms with Gasteiger partial charge in [-0.2, -0.15) is 5.26 Å². The minimum absolute atomic E-state index is 0.111. The second kappa shape index (κ2) is 5.66. The first-order chi connectivity index (χ1) is 9.81. The Morgan fingerprint density at radius 2 is 1.81 bits per heavy atom. The molecule has 108 valence electrons. The second-order valence-corrected chi connectivity index (χ2v) is 6.95. The summed E-state index contributed by atoms with van der Waals surface area (Å²) >= 11 is 0. The lowest BCUT2D eigenvalue weighted by molar-refractivity contribution is 0.594. The Morgan fingerprint density at radius 3 is 2.43 bits per heavy atom. The summed E-state index contributed by atoms with van der Waals surface area (Å²) in [5, 5.41) is 8.80. The zero-order chi connectivity index (χ0) is 15.6. The molecule has 2 aromatic rings. The van der Waals surface area contributed by atoms with Crippen LogP contribution in [0.2, 0.25) is 0 Å². The van der Waals surface area contributed by atoms with Crippen molar-refractivity contribution in [2.24, 2.45) is 0 Å². The first-order valence-electron chi connectivity index (χ1n) is 6.31. The molecule has 0 radical (unpaired) electrons. The summed E-state index contributed by atoms with van der Waals surface area (Å²) in [6.07, 6.45) is 0. The fourth-order valence-corrected chi connectivity index (χ4v) is 3.41. The molecular formula is C16H14FNO2S. The topological polar surface area (TPSA) is 57.9 Å². The Morgan fingerprint density at radius 1 is 1.10 bits per heavy atom. The highest BCUT2D eigenvalue weighted by Gasteiger charge is 2.17. The lowest BCUT2D eigenvalue weighted by Crippen LogP contribution is -2.06. The van der Waals surface area contributed by atoms with E-state index in [9.17, 15) is 12.8 Å². The van der Waals surface area contributed by atoms with Gasteiger partial charge in [0.05, 0.1) is 22.3 Å². The van der Waals surface area contributed by atoms with Crippen LogP contribution in [0.4, 0.5) is 4.39 Å². The highest BCUT2D eigenvalue weighted by atomic mass is 32.2. The molecule has 21 heavy (non-hydrogen) atoms. The van der Waals surface area contributed by atoms with E-state index >= 15 is 0 Å². The third-order valence-electron chi connectivity index (χ3n) is 3.28. The number of sulfone groups is 1. The Balaban J connectivity index is 2.40. The predicted molar refractivity (Wildman–Crippen MR) is 77.9 cm³/mol. The van der Waals surface area contributed by atoms with E-state index in [1.54, 1.807) is 18.2 Å². The fraction of sp³-hybridized carbons (Fsp3) is 0.188. The molecule has 0 aliphatic heterocycles. The van der Waals surface area contributed by atoms with Crippen molar-refractivity contribution < 1.29 is 12.8 Å². The zero-order valence-corrected chi connectivity index (χ0v) is 12.5. The molecular weight excluding hydrogens is 289 g/mol. The van der Waals surface area contributed by atoms with Crippen molar-refractivity contribution in [2.45, 2.75) is 24.5 Å². The van der Waals surface area contributed by atoms with Crippen LogP contribution in [0.15, 0.2) is 41.3 Å². The van der Waals surface area contributed by atoms with Crippen LogP contribution in [0.5, 0.6) is 0 Å². The van der Waals surface area contributed by atoms with Gasteiger partial charge in [0, 0.05) is 0 Å². The van der Waals surface area contributed by atoms with Gasteiger partial charge in [0.25, 0.3) is 0 Å². The SMILES string of the molecule is Cc1ccc(S(=O)(=O)Cc2cc(F)cc(C#N)c2)cc1C. The lowest BCUT2D eigenvalue weighted by Gasteiger charge is -2.08. The molecule has 0 aromatic heterocycles. The highest BCUT2D eigenvalue weighted by Crippen LogP contribution is 2.20. The van der Waals surface area contributed by atoms with E-state index < -0.39 is 15.7 Å². The van der Waals surface area contributed by atoms with Gasteiger partial charge in [-0.1, -0.05) is 6.07 Å². The van der Waals surface area contributed by atoms with Crippen LogP contribution in [0, 0.1) is 31.0 Å². The largest absolute Gasteiger partial charge is 0.223 e. The number of nitriles is 1. The summed E-state index contributed by atoms with van der Waals surface area (Å²) < 4.78 is 38.1. The number of aryl methyl sites for hydroxylation is 2. The summed E-state index contributed by atoms with van der Waals surface area (Å²) in [4.78, 5) is 0.202. The van der Waals surface area contributed by atoms with Crippen LogP contribution in [0.1, 0.15) is 22.3 Å². The number of halogens is 1. The summed E-state index contributed by atoms with van der Waals surface area (Å²) in [5.74, 6) is -0.943. The number of hydrogen-bond donors (Lipinski definition) is 0. The second-order valence-electron chi connectivity index (χ2n) is 4.97. The molecule has 0 spiro atoms. The molecule has 2 aromatic carbocycles.